The summed E-state index contributed by atoms with van der Waals surface area (Å²) in [7, 11) is 0. The number of halogens is 2. The Balaban J connectivity index is 1.83. The summed E-state index contributed by atoms with van der Waals surface area (Å²) in [6.07, 6.45) is 3.02. The van der Waals surface area contributed by atoms with Gasteiger partial charge < -0.3 is 15.0 Å². The zero-order valence-corrected chi connectivity index (χ0v) is 11.9. The van der Waals surface area contributed by atoms with Crippen LogP contribution in [0.25, 0.3) is 11.5 Å². The topological polar surface area (TPSA) is 87.1 Å². The van der Waals surface area contributed by atoms with E-state index in [4.69, 9.17) is 38.2 Å². The molecule has 0 radical (unpaired) electrons. The predicted molar refractivity (Wildman–Crippen MR) is 73.5 cm³/mol. The second kappa shape index (κ2) is 5.65. The molecular weight excluding hydrogens is 303 g/mol. The number of nitrogens with two attached hydrogens (primary N) is 1. The standard InChI is InChI=1S/C12H12Cl2N4O2/c13-6-3-8(14)10(16-5-6)11-17-12(20-18-11)9-2-1-7(4-15)19-9/h3,5,7,9H,1-2,4,15H2. The maximum Gasteiger partial charge on any atom is 0.256 e. The molecule has 0 aliphatic carbocycles. The Labute approximate surface area is 125 Å². The van der Waals surface area contributed by atoms with E-state index < -0.39 is 0 Å². The number of hydrogen-bond donors (Lipinski definition) is 1. The van der Waals surface area contributed by atoms with Gasteiger partial charge in [-0.25, -0.2) is 4.98 Å². The summed E-state index contributed by atoms with van der Waals surface area (Å²) in [6.45, 7) is 0.488. The fourth-order valence-electron chi connectivity index (χ4n) is 2.10. The van der Waals surface area contributed by atoms with Crippen LogP contribution < -0.4 is 5.73 Å². The van der Waals surface area contributed by atoms with E-state index in [2.05, 4.69) is 15.1 Å². The number of aromatic nitrogens is 3. The largest absolute Gasteiger partial charge is 0.364 e. The maximum atomic E-state index is 6.06. The minimum absolute atomic E-state index is 0.0487. The van der Waals surface area contributed by atoms with Gasteiger partial charge in [-0.3, -0.25) is 0 Å². The summed E-state index contributed by atoms with van der Waals surface area (Å²) >= 11 is 11.9. The lowest BCUT2D eigenvalue weighted by Gasteiger charge is -2.07. The van der Waals surface area contributed by atoms with Gasteiger partial charge in [0.2, 0.25) is 5.82 Å². The molecule has 0 saturated carbocycles. The molecule has 2 N–H and O–H groups in total. The van der Waals surface area contributed by atoms with Crippen LogP contribution in [0.2, 0.25) is 10.0 Å². The molecule has 0 spiro atoms. The van der Waals surface area contributed by atoms with Gasteiger partial charge in [0.25, 0.3) is 5.89 Å². The van der Waals surface area contributed by atoms with Gasteiger partial charge in [0.1, 0.15) is 11.8 Å². The summed E-state index contributed by atoms with van der Waals surface area (Å²) in [5.74, 6) is 0.741. The average molecular weight is 315 g/mol. The van der Waals surface area contributed by atoms with Gasteiger partial charge in [-0.1, -0.05) is 28.4 Å². The molecule has 0 aromatic carbocycles. The molecule has 3 rings (SSSR count). The summed E-state index contributed by atoms with van der Waals surface area (Å²) in [5, 5.41) is 4.71. The quantitative estimate of drug-likeness (QED) is 0.937. The van der Waals surface area contributed by atoms with Gasteiger partial charge in [0.15, 0.2) is 0 Å². The van der Waals surface area contributed by atoms with Crippen LogP contribution in [0, 0.1) is 0 Å². The van der Waals surface area contributed by atoms with Crippen LogP contribution in [0.3, 0.4) is 0 Å². The number of hydrogen-bond acceptors (Lipinski definition) is 6. The first kappa shape index (κ1) is 13.8. The Bertz CT molecular complexity index is 619. The number of rotatable bonds is 3. The van der Waals surface area contributed by atoms with Gasteiger partial charge in [0.05, 0.1) is 16.1 Å². The van der Waals surface area contributed by atoms with Crippen molar-refractivity contribution in [2.75, 3.05) is 6.54 Å². The van der Waals surface area contributed by atoms with Crippen molar-refractivity contribution in [3.05, 3.63) is 28.2 Å². The van der Waals surface area contributed by atoms with Crippen LogP contribution in [-0.2, 0) is 4.74 Å². The van der Waals surface area contributed by atoms with Crippen molar-refractivity contribution >= 4 is 23.2 Å². The molecule has 6 nitrogen and oxygen atoms in total. The Kier molecular flexibility index (Phi) is 3.89. The lowest BCUT2D eigenvalue weighted by molar-refractivity contribution is 0.0307. The van der Waals surface area contributed by atoms with Crippen molar-refractivity contribution in [3.63, 3.8) is 0 Å². The van der Waals surface area contributed by atoms with Gasteiger partial charge >= 0.3 is 0 Å². The van der Waals surface area contributed by atoms with Gasteiger partial charge in [0, 0.05) is 12.7 Å². The predicted octanol–water partition coefficient (Wildman–Crippen LogP) is 2.62. The fourth-order valence-corrected chi connectivity index (χ4v) is 2.57. The third kappa shape index (κ3) is 2.64. The molecule has 0 bridgehead atoms. The lowest BCUT2D eigenvalue weighted by Crippen LogP contribution is -2.18. The second-order valence-corrected chi connectivity index (χ2v) is 5.34. The fraction of sp³-hybridized carbons (Fsp3) is 0.417. The molecule has 1 saturated heterocycles. The third-order valence-electron chi connectivity index (χ3n) is 3.11. The molecule has 106 valence electrons. The zero-order valence-electron chi connectivity index (χ0n) is 10.4. The molecule has 2 aromatic heterocycles. The van der Waals surface area contributed by atoms with E-state index in [-0.39, 0.29) is 12.2 Å². The SMILES string of the molecule is NCC1CCC(c2nc(-c3ncc(Cl)cc3Cl)no2)O1. The van der Waals surface area contributed by atoms with Crippen molar-refractivity contribution in [3.8, 4) is 11.5 Å². The highest BCUT2D eigenvalue weighted by molar-refractivity contribution is 6.35. The first-order chi connectivity index (χ1) is 9.67. The van der Waals surface area contributed by atoms with Crippen molar-refractivity contribution in [1.82, 2.24) is 15.1 Å². The Hall–Kier alpha value is -1.21. The van der Waals surface area contributed by atoms with Crippen LogP contribution in [0.15, 0.2) is 16.8 Å². The van der Waals surface area contributed by atoms with Gasteiger partial charge in [-0.15, -0.1) is 0 Å². The van der Waals surface area contributed by atoms with E-state index in [1.54, 1.807) is 6.07 Å². The van der Waals surface area contributed by atoms with Crippen LogP contribution in [0.5, 0.6) is 0 Å². The molecule has 3 heterocycles. The van der Waals surface area contributed by atoms with Crippen molar-refractivity contribution < 1.29 is 9.26 Å². The average Bonchev–Trinajstić information content (AvgIpc) is 3.07. The molecule has 2 aromatic rings. The van der Waals surface area contributed by atoms with Crippen LogP contribution in [0.4, 0.5) is 0 Å². The normalized spacial score (nSPS) is 22.4. The molecule has 1 fully saturated rings. The minimum atomic E-state index is -0.212. The minimum Gasteiger partial charge on any atom is -0.364 e. The Morgan fingerprint density at radius 1 is 1.35 bits per heavy atom. The van der Waals surface area contributed by atoms with Crippen molar-refractivity contribution in [1.29, 1.82) is 0 Å². The first-order valence-electron chi connectivity index (χ1n) is 6.18. The summed E-state index contributed by atoms with van der Waals surface area (Å²) in [5.41, 5.74) is 6.00. The highest BCUT2D eigenvalue weighted by atomic mass is 35.5. The van der Waals surface area contributed by atoms with Crippen molar-refractivity contribution in [2.45, 2.75) is 25.0 Å². The third-order valence-corrected chi connectivity index (χ3v) is 3.60. The van der Waals surface area contributed by atoms with Gasteiger partial charge in [-0.2, -0.15) is 4.98 Å². The van der Waals surface area contributed by atoms with Crippen LogP contribution >= 0.6 is 23.2 Å². The molecule has 2 unspecified atom stereocenters. The van der Waals surface area contributed by atoms with Crippen LogP contribution in [0.1, 0.15) is 24.8 Å². The van der Waals surface area contributed by atoms with E-state index in [1.165, 1.54) is 6.20 Å². The number of ether oxygens (including phenoxy) is 1. The number of pyridine rings is 1. The lowest BCUT2D eigenvalue weighted by atomic mass is 10.2. The molecule has 8 heteroatoms. The molecule has 20 heavy (non-hydrogen) atoms. The smallest absolute Gasteiger partial charge is 0.256 e. The van der Waals surface area contributed by atoms with E-state index in [1.807, 2.05) is 0 Å². The van der Waals surface area contributed by atoms with E-state index >= 15 is 0 Å². The highest BCUT2D eigenvalue weighted by Gasteiger charge is 2.30. The summed E-state index contributed by atoms with van der Waals surface area (Å²) in [4.78, 5) is 8.40. The van der Waals surface area contributed by atoms with E-state index in [9.17, 15) is 0 Å². The summed E-state index contributed by atoms with van der Waals surface area (Å²) < 4.78 is 10.9. The van der Waals surface area contributed by atoms with Gasteiger partial charge in [-0.05, 0) is 18.9 Å². The van der Waals surface area contributed by atoms with Crippen LogP contribution in [-0.4, -0.2) is 27.8 Å². The Morgan fingerprint density at radius 2 is 2.20 bits per heavy atom. The Morgan fingerprint density at radius 3 is 2.90 bits per heavy atom. The molecule has 2 atom stereocenters. The second-order valence-electron chi connectivity index (χ2n) is 4.50. The maximum absolute atomic E-state index is 6.06. The molecular formula is C12H12Cl2N4O2. The molecule has 1 aliphatic heterocycles. The monoisotopic (exact) mass is 314 g/mol. The molecule has 0 amide bonds. The highest BCUT2D eigenvalue weighted by Crippen LogP contribution is 2.33. The zero-order chi connectivity index (χ0) is 14.1. The molecule has 1 aliphatic rings. The first-order valence-corrected chi connectivity index (χ1v) is 6.93. The van der Waals surface area contributed by atoms with Crippen molar-refractivity contribution in [2.24, 2.45) is 5.73 Å². The van der Waals surface area contributed by atoms with E-state index in [0.29, 0.717) is 34.0 Å². The van der Waals surface area contributed by atoms with E-state index in [0.717, 1.165) is 12.8 Å². The summed E-state index contributed by atoms with van der Waals surface area (Å²) in [6, 6.07) is 1.58. The number of nitrogens with zero attached hydrogens (tertiary/aromatic N) is 3.